The highest BCUT2D eigenvalue weighted by atomic mass is 16.4. The lowest BCUT2D eigenvalue weighted by Gasteiger charge is -2.36. The van der Waals surface area contributed by atoms with Crippen molar-refractivity contribution in [2.45, 2.75) is 54.9 Å². The zero-order valence-electron chi connectivity index (χ0n) is 12.4. The first-order valence-corrected chi connectivity index (χ1v) is 6.08. The Balaban J connectivity index is 5.28. The summed E-state index contributed by atoms with van der Waals surface area (Å²) in [5, 5.41) is 12.9. The van der Waals surface area contributed by atoms with E-state index in [0.717, 1.165) is 17.7 Å². The lowest BCUT2D eigenvalue weighted by molar-refractivity contribution is 0.296. The van der Waals surface area contributed by atoms with Crippen molar-refractivity contribution >= 4 is 5.71 Å². The molecule has 98 valence electrons. The van der Waals surface area contributed by atoms with Gasteiger partial charge in [-0.3, -0.25) is 0 Å². The first-order valence-electron chi connectivity index (χ1n) is 6.08. The van der Waals surface area contributed by atoms with E-state index in [1.54, 1.807) is 0 Å². The lowest BCUT2D eigenvalue weighted by Crippen LogP contribution is -2.37. The predicted molar refractivity (Wildman–Crippen MR) is 75.6 cm³/mol. The van der Waals surface area contributed by atoms with E-state index in [9.17, 15) is 5.21 Å². The average molecular weight is 237 g/mol. The molecule has 0 atom stereocenters. The molecule has 0 heterocycles. The van der Waals surface area contributed by atoms with Crippen LogP contribution in [0, 0.1) is 10.8 Å². The van der Waals surface area contributed by atoms with Crippen LogP contribution >= 0.6 is 0 Å². The fraction of sp³-hybridized carbons (Fsp3) is 0.667. The summed E-state index contributed by atoms with van der Waals surface area (Å²) in [4.78, 5) is 0. The summed E-state index contributed by atoms with van der Waals surface area (Å²) in [7, 11) is 0. The van der Waals surface area contributed by atoms with Crippen LogP contribution in [0.1, 0.15) is 54.9 Å². The number of hydrogen-bond donors (Lipinski definition) is 1. The van der Waals surface area contributed by atoms with Gasteiger partial charge in [0.05, 0.1) is 5.71 Å². The van der Waals surface area contributed by atoms with Gasteiger partial charge in [0, 0.05) is 10.8 Å². The summed E-state index contributed by atoms with van der Waals surface area (Å²) in [5.41, 5.74) is 2.62. The summed E-state index contributed by atoms with van der Waals surface area (Å²) in [6.45, 7) is 18.4. The van der Waals surface area contributed by atoms with Gasteiger partial charge in [0.2, 0.25) is 0 Å². The minimum Gasteiger partial charge on any atom is -0.411 e. The Morgan fingerprint density at radius 1 is 1.18 bits per heavy atom. The smallest absolute Gasteiger partial charge is 0.0725 e. The molecule has 0 aliphatic carbocycles. The molecule has 0 rings (SSSR count). The molecule has 2 heteroatoms. The second kappa shape index (κ2) is 5.52. The van der Waals surface area contributed by atoms with E-state index in [1.165, 1.54) is 5.57 Å². The van der Waals surface area contributed by atoms with Gasteiger partial charge in [0.15, 0.2) is 0 Å². The molecule has 1 N–H and O–H groups in total. The van der Waals surface area contributed by atoms with Crippen LogP contribution in [0.4, 0.5) is 0 Å². The van der Waals surface area contributed by atoms with Crippen molar-refractivity contribution in [3.05, 3.63) is 23.8 Å². The van der Waals surface area contributed by atoms with Gasteiger partial charge in [-0.2, -0.15) is 0 Å². The average Bonchev–Trinajstić information content (AvgIpc) is 2.14. The van der Waals surface area contributed by atoms with E-state index >= 15 is 0 Å². The Bertz CT molecular complexity index is 342. The normalized spacial score (nSPS) is 13.5. The monoisotopic (exact) mass is 237 g/mol. The molecule has 0 amide bonds. The maximum Gasteiger partial charge on any atom is 0.0725 e. The molecule has 2 nitrogen and oxygen atoms in total. The quantitative estimate of drug-likeness (QED) is 0.317. The maximum atomic E-state index is 9.34. The Labute approximate surface area is 106 Å². The molecule has 17 heavy (non-hydrogen) atoms. The maximum absolute atomic E-state index is 9.34. The van der Waals surface area contributed by atoms with Crippen molar-refractivity contribution in [2.75, 3.05) is 0 Å². The van der Waals surface area contributed by atoms with Gasteiger partial charge in [-0.05, 0) is 27.2 Å². The van der Waals surface area contributed by atoms with Gasteiger partial charge in [0.1, 0.15) is 0 Å². The van der Waals surface area contributed by atoms with Gasteiger partial charge in [-0.1, -0.05) is 56.7 Å². The van der Waals surface area contributed by atoms with Crippen LogP contribution in [0.5, 0.6) is 0 Å². The van der Waals surface area contributed by atoms with E-state index in [-0.39, 0.29) is 10.8 Å². The molecule has 0 saturated heterocycles. The zero-order chi connectivity index (χ0) is 13.9. The molecule has 0 aromatic heterocycles. The first kappa shape index (κ1) is 16.0. The van der Waals surface area contributed by atoms with Crippen molar-refractivity contribution in [3.63, 3.8) is 0 Å². The SMILES string of the molecule is C=C(C)C(C)(C)/C(=N\O)C(C)(C)CC=C(C)C. The van der Waals surface area contributed by atoms with Gasteiger partial charge < -0.3 is 5.21 Å². The minimum atomic E-state index is -0.284. The fourth-order valence-corrected chi connectivity index (χ4v) is 1.86. The number of oxime groups is 1. The van der Waals surface area contributed by atoms with E-state index in [0.29, 0.717) is 0 Å². The zero-order valence-corrected chi connectivity index (χ0v) is 12.4. The molecule has 0 radical (unpaired) electrons. The summed E-state index contributed by atoms with van der Waals surface area (Å²) in [6, 6.07) is 0. The third kappa shape index (κ3) is 4.03. The second-order valence-corrected chi connectivity index (χ2v) is 6.22. The van der Waals surface area contributed by atoms with E-state index in [1.807, 2.05) is 6.92 Å². The third-order valence-corrected chi connectivity index (χ3v) is 3.42. The molecular formula is C15H27NO. The van der Waals surface area contributed by atoms with Crippen molar-refractivity contribution in [1.82, 2.24) is 0 Å². The van der Waals surface area contributed by atoms with E-state index in [4.69, 9.17) is 0 Å². The highest BCUT2D eigenvalue weighted by Crippen LogP contribution is 2.38. The molecule has 0 aromatic rings. The summed E-state index contributed by atoms with van der Waals surface area (Å²) >= 11 is 0. The van der Waals surface area contributed by atoms with Crippen LogP contribution in [0.15, 0.2) is 29.0 Å². The van der Waals surface area contributed by atoms with Gasteiger partial charge in [-0.15, -0.1) is 0 Å². The first-order chi connectivity index (χ1) is 7.55. The third-order valence-electron chi connectivity index (χ3n) is 3.42. The molecule has 0 aromatic carbocycles. The Morgan fingerprint density at radius 3 is 1.94 bits per heavy atom. The van der Waals surface area contributed by atoms with Crippen molar-refractivity contribution in [2.24, 2.45) is 16.0 Å². The predicted octanol–water partition coefficient (Wildman–Crippen LogP) is 4.80. The topological polar surface area (TPSA) is 32.6 Å². The van der Waals surface area contributed by atoms with Crippen LogP contribution in [0.2, 0.25) is 0 Å². The van der Waals surface area contributed by atoms with Crippen molar-refractivity contribution in [3.8, 4) is 0 Å². The highest BCUT2D eigenvalue weighted by Gasteiger charge is 2.37. The number of nitrogens with zero attached hydrogens (tertiary/aromatic N) is 1. The largest absolute Gasteiger partial charge is 0.411 e. The Morgan fingerprint density at radius 2 is 1.65 bits per heavy atom. The molecule has 0 saturated carbocycles. The molecule has 0 spiro atoms. The fourth-order valence-electron chi connectivity index (χ4n) is 1.86. The lowest BCUT2D eigenvalue weighted by atomic mass is 9.68. The van der Waals surface area contributed by atoms with Crippen LogP contribution in [0.25, 0.3) is 0 Å². The number of hydrogen-bond acceptors (Lipinski definition) is 2. The van der Waals surface area contributed by atoms with Crippen molar-refractivity contribution < 1.29 is 5.21 Å². The second-order valence-electron chi connectivity index (χ2n) is 6.22. The van der Waals surface area contributed by atoms with E-state index in [2.05, 4.69) is 59.4 Å². The van der Waals surface area contributed by atoms with Crippen LogP contribution in [-0.2, 0) is 0 Å². The Kier molecular flexibility index (Phi) is 5.18. The van der Waals surface area contributed by atoms with Crippen LogP contribution in [0.3, 0.4) is 0 Å². The van der Waals surface area contributed by atoms with Crippen LogP contribution < -0.4 is 0 Å². The summed E-state index contributed by atoms with van der Waals surface area (Å²) in [5.74, 6) is 0. The standard InChI is InChI=1S/C15H27NO/c1-11(2)9-10-14(5,6)13(16-17)15(7,8)12(3)4/h9,17H,3,10H2,1-2,4-8H3/b16-13-. The molecule has 0 unspecified atom stereocenters. The molecular weight excluding hydrogens is 210 g/mol. The van der Waals surface area contributed by atoms with Gasteiger partial charge in [0.25, 0.3) is 0 Å². The summed E-state index contributed by atoms with van der Waals surface area (Å²) < 4.78 is 0. The number of rotatable bonds is 5. The summed E-state index contributed by atoms with van der Waals surface area (Å²) in [6.07, 6.45) is 3.05. The molecule has 0 aliphatic rings. The van der Waals surface area contributed by atoms with Gasteiger partial charge in [-0.25, -0.2) is 0 Å². The van der Waals surface area contributed by atoms with Gasteiger partial charge >= 0.3 is 0 Å². The number of allylic oxidation sites excluding steroid dienone is 3. The van der Waals surface area contributed by atoms with Crippen LogP contribution in [-0.4, -0.2) is 10.9 Å². The minimum absolute atomic E-state index is 0.172. The molecule has 0 fully saturated rings. The highest BCUT2D eigenvalue weighted by molar-refractivity contribution is 5.96. The molecule has 0 aliphatic heterocycles. The Hall–Kier alpha value is -1.05. The molecule has 0 bridgehead atoms. The van der Waals surface area contributed by atoms with Crippen molar-refractivity contribution in [1.29, 1.82) is 0 Å². The van der Waals surface area contributed by atoms with E-state index < -0.39 is 0 Å².